The molecule has 1 aromatic heterocycles. The van der Waals surface area contributed by atoms with Gasteiger partial charge in [0.05, 0.1) is 12.8 Å². The molecule has 0 aliphatic heterocycles. The number of aryl methyl sites for hydroxylation is 1. The molecule has 22 heavy (non-hydrogen) atoms. The molecule has 0 saturated heterocycles. The van der Waals surface area contributed by atoms with Crippen LogP contribution in [-0.4, -0.2) is 18.4 Å². The van der Waals surface area contributed by atoms with Crippen LogP contribution in [0.5, 0.6) is 0 Å². The lowest BCUT2D eigenvalue weighted by Gasteiger charge is -2.23. The van der Waals surface area contributed by atoms with Crippen molar-refractivity contribution in [1.82, 2.24) is 5.32 Å². The van der Waals surface area contributed by atoms with Gasteiger partial charge in [0.2, 0.25) is 11.8 Å². The third-order valence-corrected chi connectivity index (χ3v) is 3.39. The molecule has 5 heteroatoms. The summed E-state index contributed by atoms with van der Waals surface area (Å²) in [7, 11) is 0. The molecule has 0 radical (unpaired) electrons. The number of para-hydroxylation sites is 1. The topological polar surface area (TPSA) is 62.6 Å². The number of benzene rings is 1. The average Bonchev–Trinajstić information content (AvgIpc) is 3.03. The zero-order valence-electron chi connectivity index (χ0n) is 12.8. The molecule has 116 valence electrons. The summed E-state index contributed by atoms with van der Waals surface area (Å²) in [5.74, 6) is 0.295. The summed E-state index contributed by atoms with van der Waals surface area (Å²) in [5.41, 5.74) is 1.82. The predicted molar refractivity (Wildman–Crippen MR) is 84.4 cm³/mol. The summed E-state index contributed by atoms with van der Waals surface area (Å²) in [5, 5.41) is 2.75. The molecule has 1 aromatic carbocycles. The highest BCUT2D eigenvalue weighted by Crippen LogP contribution is 2.20. The summed E-state index contributed by atoms with van der Waals surface area (Å²) >= 11 is 0. The van der Waals surface area contributed by atoms with Gasteiger partial charge in [-0.15, -0.1) is 0 Å². The molecule has 0 bridgehead atoms. The summed E-state index contributed by atoms with van der Waals surface area (Å²) in [4.78, 5) is 25.5. The summed E-state index contributed by atoms with van der Waals surface area (Å²) in [6.07, 6.45) is 2.36. The Morgan fingerprint density at radius 2 is 1.95 bits per heavy atom. The van der Waals surface area contributed by atoms with E-state index in [-0.39, 0.29) is 18.4 Å². The van der Waals surface area contributed by atoms with E-state index in [1.807, 2.05) is 31.2 Å². The number of carbonyl (C=O) groups is 2. The first kappa shape index (κ1) is 15.8. The standard InChI is InChI=1S/C17H20N2O3/c1-3-14-7-4-5-9-16(14)19(13(2)20)12-17(21)18-11-15-8-6-10-22-15/h4-10H,3,11-12H2,1-2H3,(H,18,21). The number of nitrogens with zero attached hydrogens (tertiary/aromatic N) is 1. The second-order valence-electron chi connectivity index (χ2n) is 4.94. The van der Waals surface area contributed by atoms with Gasteiger partial charge in [0.25, 0.3) is 0 Å². The molecule has 2 aromatic rings. The van der Waals surface area contributed by atoms with E-state index >= 15 is 0 Å². The first-order valence-corrected chi connectivity index (χ1v) is 7.27. The Morgan fingerprint density at radius 1 is 1.18 bits per heavy atom. The minimum absolute atomic E-state index is 0.00689. The van der Waals surface area contributed by atoms with Crippen molar-refractivity contribution in [2.45, 2.75) is 26.8 Å². The van der Waals surface area contributed by atoms with Crippen LogP contribution in [0.4, 0.5) is 5.69 Å². The molecule has 0 aliphatic rings. The lowest BCUT2D eigenvalue weighted by molar-refractivity contribution is -0.123. The summed E-state index contributed by atoms with van der Waals surface area (Å²) in [6, 6.07) is 11.2. The highest BCUT2D eigenvalue weighted by molar-refractivity contribution is 5.98. The monoisotopic (exact) mass is 300 g/mol. The molecule has 2 amide bonds. The van der Waals surface area contributed by atoms with E-state index < -0.39 is 0 Å². The number of rotatable bonds is 6. The highest BCUT2D eigenvalue weighted by Gasteiger charge is 2.17. The molecular formula is C17H20N2O3. The summed E-state index contributed by atoms with van der Waals surface area (Å²) < 4.78 is 5.16. The van der Waals surface area contributed by atoms with Crippen LogP contribution < -0.4 is 10.2 Å². The Hall–Kier alpha value is -2.56. The van der Waals surface area contributed by atoms with Crippen LogP contribution >= 0.6 is 0 Å². The van der Waals surface area contributed by atoms with Gasteiger partial charge in [0, 0.05) is 12.6 Å². The zero-order chi connectivity index (χ0) is 15.9. The van der Waals surface area contributed by atoms with Crippen molar-refractivity contribution < 1.29 is 14.0 Å². The maximum atomic E-state index is 12.1. The molecule has 5 nitrogen and oxygen atoms in total. The van der Waals surface area contributed by atoms with Crippen molar-refractivity contribution in [2.75, 3.05) is 11.4 Å². The second kappa shape index (κ2) is 7.45. The number of hydrogen-bond donors (Lipinski definition) is 1. The van der Waals surface area contributed by atoms with Gasteiger partial charge in [0.1, 0.15) is 12.3 Å². The fraction of sp³-hybridized carbons (Fsp3) is 0.294. The van der Waals surface area contributed by atoms with Crippen LogP contribution in [0.3, 0.4) is 0 Å². The van der Waals surface area contributed by atoms with Gasteiger partial charge in [-0.2, -0.15) is 0 Å². The van der Waals surface area contributed by atoms with E-state index in [0.29, 0.717) is 12.3 Å². The Labute approximate surface area is 129 Å². The first-order chi connectivity index (χ1) is 10.6. The van der Waals surface area contributed by atoms with Crippen molar-refractivity contribution in [3.63, 3.8) is 0 Å². The van der Waals surface area contributed by atoms with Gasteiger partial charge in [-0.1, -0.05) is 25.1 Å². The van der Waals surface area contributed by atoms with Crippen molar-refractivity contribution in [3.8, 4) is 0 Å². The molecule has 0 aliphatic carbocycles. The SMILES string of the molecule is CCc1ccccc1N(CC(=O)NCc1ccco1)C(C)=O. The lowest BCUT2D eigenvalue weighted by Crippen LogP contribution is -2.40. The van der Waals surface area contributed by atoms with Gasteiger partial charge in [-0.3, -0.25) is 9.59 Å². The largest absolute Gasteiger partial charge is 0.467 e. The fourth-order valence-electron chi connectivity index (χ4n) is 2.24. The minimum atomic E-state index is -0.225. The Kier molecular flexibility index (Phi) is 5.36. The molecule has 0 unspecified atom stereocenters. The number of amides is 2. The summed E-state index contributed by atoms with van der Waals surface area (Å²) in [6.45, 7) is 3.79. The van der Waals surface area contributed by atoms with Crippen LogP contribution in [0.15, 0.2) is 47.1 Å². The second-order valence-corrected chi connectivity index (χ2v) is 4.94. The van der Waals surface area contributed by atoms with E-state index in [4.69, 9.17) is 4.42 Å². The number of furan rings is 1. The molecular weight excluding hydrogens is 280 g/mol. The van der Waals surface area contributed by atoms with Gasteiger partial charge < -0.3 is 14.6 Å². The van der Waals surface area contributed by atoms with E-state index in [1.165, 1.54) is 11.8 Å². The molecule has 0 atom stereocenters. The Morgan fingerprint density at radius 3 is 2.59 bits per heavy atom. The average molecular weight is 300 g/mol. The normalized spacial score (nSPS) is 10.3. The van der Waals surface area contributed by atoms with Gasteiger partial charge in [0.15, 0.2) is 0 Å². The van der Waals surface area contributed by atoms with Crippen LogP contribution in [-0.2, 0) is 22.6 Å². The molecule has 0 saturated carbocycles. The molecule has 0 fully saturated rings. The zero-order valence-corrected chi connectivity index (χ0v) is 12.8. The van der Waals surface area contributed by atoms with Crippen molar-refractivity contribution >= 4 is 17.5 Å². The van der Waals surface area contributed by atoms with Crippen LogP contribution in [0.2, 0.25) is 0 Å². The van der Waals surface area contributed by atoms with Crippen LogP contribution in [0, 0.1) is 0 Å². The van der Waals surface area contributed by atoms with Gasteiger partial charge >= 0.3 is 0 Å². The van der Waals surface area contributed by atoms with E-state index in [0.717, 1.165) is 17.7 Å². The lowest BCUT2D eigenvalue weighted by atomic mass is 10.1. The van der Waals surface area contributed by atoms with Crippen molar-refractivity contribution in [2.24, 2.45) is 0 Å². The van der Waals surface area contributed by atoms with Gasteiger partial charge in [-0.25, -0.2) is 0 Å². The smallest absolute Gasteiger partial charge is 0.240 e. The van der Waals surface area contributed by atoms with E-state index in [9.17, 15) is 9.59 Å². The van der Waals surface area contributed by atoms with E-state index in [2.05, 4.69) is 5.32 Å². The maximum absolute atomic E-state index is 12.1. The molecule has 2 rings (SSSR count). The Balaban J connectivity index is 2.05. The third-order valence-electron chi connectivity index (χ3n) is 3.39. The molecule has 1 heterocycles. The van der Waals surface area contributed by atoms with Crippen molar-refractivity contribution in [3.05, 3.63) is 54.0 Å². The van der Waals surface area contributed by atoms with Crippen LogP contribution in [0.25, 0.3) is 0 Å². The highest BCUT2D eigenvalue weighted by atomic mass is 16.3. The minimum Gasteiger partial charge on any atom is -0.467 e. The van der Waals surface area contributed by atoms with Crippen LogP contribution in [0.1, 0.15) is 25.2 Å². The molecule has 1 N–H and O–H groups in total. The third kappa shape index (κ3) is 3.97. The maximum Gasteiger partial charge on any atom is 0.240 e. The number of hydrogen-bond acceptors (Lipinski definition) is 3. The number of carbonyl (C=O) groups excluding carboxylic acids is 2. The first-order valence-electron chi connectivity index (χ1n) is 7.27. The van der Waals surface area contributed by atoms with Gasteiger partial charge in [-0.05, 0) is 30.2 Å². The fourth-order valence-corrected chi connectivity index (χ4v) is 2.24. The quantitative estimate of drug-likeness (QED) is 0.891. The number of anilines is 1. The Bertz CT molecular complexity index is 635. The van der Waals surface area contributed by atoms with E-state index in [1.54, 1.807) is 18.4 Å². The predicted octanol–water partition coefficient (Wildman–Crippen LogP) is 2.51. The number of nitrogens with one attached hydrogen (secondary N) is 1. The molecule has 0 spiro atoms. The van der Waals surface area contributed by atoms with Crippen molar-refractivity contribution in [1.29, 1.82) is 0 Å².